The van der Waals surface area contributed by atoms with E-state index in [-0.39, 0.29) is 35.5 Å². The number of nitrogens with zero attached hydrogens (tertiary/aromatic N) is 1. The minimum Gasteiger partial charge on any atom is -0.454 e. The van der Waals surface area contributed by atoms with Gasteiger partial charge in [-0.25, -0.2) is 4.79 Å². The molecule has 1 heterocycles. The van der Waals surface area contributed by atoms with Crippen molar-refractivity contribution in [2.24, 2.45) is 23.7 Å². The normalized spacial score (nSPS) is 28.4. The Balaban J connectivity index is 1.35. The van der Waals surface area contributed by atoms with Crippen molar-refractivity contribution >= 4 is 29.4 Å². The second kappa shape index (κ2) is 7.28. The molecule has 0 aromatic heterocycles. The third-order valence-electron chi connectivity index (χ3n) is 6.91. The van der Waals surface area contributed by atoms with Crippen molar-refractivity contribution in [1.29, 1.82) is 0 Å². The molecule has 1 aromatic rings. The molecule has 1 aromatic carbocycles. The smallest absolute Gasteiger partial charge is 0.329 e. The third kappa shape index (κ3) is 3.22. The van der Waals surface area contributed by atoms with Crippen LogP contribution in [0.2, 0.25) is 0 Å². The average Bonchev–Trinajstić information content (AvgIpc) is 3.37. The van der Waals surface area contributed by atoms with Gasteiger partial charge in [0.15, 0.2) is 6.61 Å². The minimum absolute atomic E-state index is 0.253. The summed E-state index contributed by atoms with van der Waals surface area (Å²) in [7, 11) is 0. The van der Waals surface area contributed by atoms with Crippen LogP contribution in [0.25, 0.3) is 0 Å². The number of esters is 1. The Kier molecular flexibility index (Phi) is 4.92. The lowest BCUT2D eigenvalue weighted by Gasteiger charge is -2.23. The van der Waals surface area contributed by atoms with Crippen molar-refractivity contribution in [2.45, 2.75) is 46.1 Å². The maximum Gasteiger partial charge on any atom is 0.329 e. The maximum atomic E-state index is 12.8. The molecule has 2 aliphatic carbocycles. The molecule has 2 bridgehead atoms. The summed E-state index contributed by atoms with van der Waals surface area (Å²) in [6.07, 6.45) is 2.91. The van der Waals surface area contributed by atoms with Crippen molar-refractivity contribution in [3.63, 3.8) is 0 Å². The summed E-state index contributed by atoms with van der Waals surface area (Å²) >= 11 is 0. The summed E-state index contributed by atoms with van der Waals surface area (Å²) in [5.74, 6) is -1.74. The predicted octanol–water partition coefficient (Wildman–Crippen LogP) is 2.20. The van der Waals surface area contributed by atoms with Gasteiger partial charge in [-0.1, -0.05) is 12.1 Å². The minimum atomic E-state index is -1.02. The molecule has 1 aliphatic heterocycles. The van der Waals surface area contributed by atoms with Gasteiger partial charge in [0.2, 0.25) is 11.8 Å². The van der Waals surface area contributed by atoms with E-state index in [4.69, 9.17) is 4.74 Å². The van der Waals surface area contributed by atoms with Crippen LogP contribution in [-0.4, -0.2) is 41.2 Å². The highest BCUT2D eigenvalue weighted by Gasteiger charge is 2.62. The van der Waals surface area contributed by atoms with E-state index in [0.29, 0.717) is 5.69 Å². The lowest BCUT2D eigenvalue weighted by Crippen LogP contribution is -2.45. The van der Waals surface area contributed by atoms with Crippen molar-refractivity contribution in [3.8, 4) is 0 Å². The molecule has 7 nitrogen and oxygen atoms in total. The van der Waals surface area contributed by atoms with Crippen molar-refractivity contribution in [2.75, 3.05) is 11.9 Å². The lowest BCUT2D eigenvalue weighted by molar-refractivity contribution is -0.159. The Hall–Kier alpha value is -2.70. The van der Waals surface area contributed by atoms with E-state index in [1.165, 1.54) is 6.92 Å². The second-order valence-electron chi connectivity index (χ2n) is 8.51. The topological polar surface area (TPSA) is 92.8 Å². The molecule has 0 radical (unpaired) electrons. The molecule has 0 spiro atoms. The molecule has 1 saturated heterocycles. The Morgan fingerprint density at radius 1 is 1.14 bits per heavy atom. The zero-order valence-corrected chi connectivity index (χ0v) is 16.9. The fraction of sp³-hybridized carbons (Fsp3) is 0.545. The van der Waals surface area contributed by atoms with Crippen LogP contribution in [0.4, 0.5) is 5.69 Å². The molecule has 0 unspecified atom stereocenters. The number of rotatable bonds is 5. The van der Waals surface area contributed by atoms with Crippen LogP contribution in [0, 0.1) is 37.5 Å². The number of fused-ring (bicyclic) bond motifs is 5. The molecule has 3 amide bonds. The van der Waals surface area contributed by atoms with Crippen molar-refractivity contribution < 1.29 is 23.9 Å². The van der Waals surface area contributed by atoms with Gasteiger partial charge in [0.25, 0.3) is 5.91 Å². The van der Waals surface area contributed by atoms with E-state index in [1.54, 1.807) is 6.07 Å². The van der Waals surface area contributed by atoms with E-state index in [2.05, 4.69) is 5.32 Å². The number of benzene rings is 1. The molecule has 5 atom stereocenters. The van der Waals surface area contributed by atoms with Gasteiger partial charge in [-0.2, -0.15) is 0 Å². The first-order valence-corrected chi connectivity index (χ1v) is 10.2. The van der Waals surface area contributed by atoms with Gasteiger partial charge >= 0.3 is 5.97 Å². The molecule has 29 heavy (non-hydrogen) atoms. The standard InChI is InChI=1S/C22H26N2O5/c1-11-5-4-6-16(12(11)2)23-17(25)10-29-22(28)13(3)24-20(26)18-14-7-8-15(9-14)19(18)21(24)27/h4-6,13-15,18-19H,7-10H2,1-3H3,(H,23,25)/t13-,14-,15+,18-,19+/m1/s1. The van der Waals surface area contributed by atoms with Gasteiger partial charge in [-0.15, -0.1) is 0 Å². The van der Waals surface area contributed by atoms with Crippen molar-refractivity contribution in [1.82, 2.24) is 4.90 Å². The fourth-order valence-electron chi connectivity index (χ4n) is 5.25. The van der Waals surface area contributed by atoms with Gasteiger partial charge in [0.1, 0.15) is 6.04 Å². The molecule has 2 saturated carbocycles. The summed E-state index contributed by atoms with van der Waals surface area (Å²) in [4.78, 5) is 51.3. The second-order valence-corrected chi connectivity index (χ2v) is 8.51. The molecular formula is C22H26N2O5. The van der Waals surface area contributed by atoms with E-state index in [0.717, 1.165) is 35.3 Å². The van der Waals surface area contributed by atoms with Gasteiger partial charge in [-0.3, -0.25) is 19.3 Å². The van der Waals surface area contributed by atoms with Crippen LogP contribution >= 0.6 is 0 Å². The largest absolute Gasteiger partial charge is 0.454 e. The van der Waals surface area contributed by atoms with Crippen LogP contribution in [0.3, 0.4) is 0 Å². The number of carbonyl (C=O) groups is 4. The molecular weight excluding hydrogens is 372 g/mol. The molecule has 7 heteroatoms. The monoisotopic (exact) mass is 398 g/mol. The summed E-state index contributed by atoms with van der Waals surface area (Å²) in [6.45, 7) is 4.86. The summed E-state index contributed by atoms with van der Waals surface area (Å²) in [6, 6.07) is 4.53. The molecule has 3 aliphatic rings. The van der Waals surface area contributed by atoms with E-state index < -0.39 is 24.5 Å². The summed E-state index contributed by atoms with van der Waals surface area (Å²) < 4.78 is 5.11. The van der Waals surface area contributed by atoms with Crippen LogP contribution in [-0.2, 0) is 23.9 Å². The molecule has 4 rings (SSSR count). The Bertz CT molecular complexity index is 867. The van der Waals surface area contributed by atoms with Crippen LogP contribution in [0.1, 0.15) is 37.3 Å². The number of imide groups is 1. The number of carbonyl (C=O) groups excluding carboxylic acids is 4. The Labute approximate surface area is 169 Å². The highest BCUT2D eigenvalue weighted by Crippen LogP contribution is 2.56. The Morgan fingerprint density at radius 2 is 1.76 bits per heavy atom. The molecule has 154 valence electrons. The fourth-order valence-corrected chi connectivity index (χ4v) is 5.25. The highest BCUT2D eigenvalue weighted by atomic mass is 16.5. The summed E-state index contributed by atoms with van der Waals surface area (Å²) in [5.41, 5.74) is 2.64. The SMILES string of the molecule is Cc1cccc(NC(=O)COC(=O)[C@@H](C)N2C(=O)[C@@H]3[C@@H]4CC[C@@H](C4)[C@@H]3C2=O)c1C. The number of nitrogens with one attached hydrogen (secondary N) is 1. The first kappa shape index (κ1) is 19.6. The number of amides is 3. The maximum absolute atomic E-state index is 12.8. The molecule has 1 N–H and O–H groups in total. The quantitative estimate of drug-likeness (QED) is 0.606. The first-order chi connectivity index (χ1) is 13.8. The number of hydrogen-bond acceptors (Lipinski definition) is 5. The zero-order chi connectivity index (χ0) is 20.9. The lowest BCUT2D eigenvalue weighted by atomic mass is 9.81. The van der Waals surface area contributed by atoms with Gasteiger partial charge in [0.05, 0.1) is 11.8 Å². The number of ether oxygens (including phenoxy) is 1. The first-order valence-electron chi connectivity index (χ1n) is 10.2. The van der Waals surface area contributed by atoms with E-state index in [9.17, 15) is 19.2 Å². The van der Waals surface area contributed by atoms with Gasteiger partial charge in [0, 0.05) is 5.69 Å². The number of likely N-dealkylation sites (tertiary alicyclic amines) is 1. The zero-order valence-electron chi connectivity index (χ0n) is 16.9. The number of anilines is 1. The van der Waals surface area contributed by atoms with Crippen LogP contribution in [0.15, 0.2) is 18.2 Å². The van der Waals surface area contributed by atoms with Crippen LogP contribution in [0.5, 0.6) is 0 Å². The summed E-state index contributed by atoms with van der Waals surface area (Å²) in [5, 5.41) is 2.72. The number of aryl methyl sites for hydroxylation is 1. The van der Waals surface area contributed by atoms with E-state index in [1.807, 2.05) is 26.0 Å². The average molecular weight is 398 g/mol. The Morgan fingerprint density at radius 3 is 2.38 bits per heavy atom. The van der Waals surface area contributed by atoms with Gasteiger partial charge < -0.3 is 10.1 Å². The van der Waals surface area contributed by atoms with Gasteiger partial charge in [-0.05, 0) is 69.1 Å². The molecule has 3 fully saturated rings. The predicted molar refractivity (Wildman–Crippen MR) is 105 cm³/mol. The third-order valence-corrected chi connectivity index (χ3v) is 6.91. The van der Waals surface area contributed by atoms with E-state index >= 15 is 0 Å². The number of hydrogen-bond donors (Lipinski definition) is 1. The van der Waals surface area contributed by atoms with Crippen LogP contribution < -0.4 is 5.32 Å². The highest BCUT2D eigenvalue weighted by molar-refractivity contribution is 6.08. The van der Waals surface area contributed by atoms with Crippen molar-refractivity contribution in [3.05, 3.63) is 29.3 Å².